The molecule has 1 rings (SSSR count). The van der Waals surface area contributed by atoms with Crippen molar-refractivity contribution in [2.75, 3.05) is 5.88 Å². The average molecular weight is 199 g/mol. The molecule has 0 saturated carbocycles. The average Bonchev–Trinajstić information content (AvgIpc) is 2.11. The Morgan fingerprint density at radius 1 is 1.54 bits per heavy atom. The fourth-order valence-corrected chi connectivity index (χ4v) is 1.05. The van der Waals surface area contributed by atoms with Crippen molar-refractivity contribution in [3.05, 3.63) is 40.3 Å². The first kappa shape index (κ1) is 9.99. The lowest BCUT2D eigenvalue weighted by Gasteiger charge is -2.00. The quantitative estimate of drug-likeness (QED) is 0.543. The van der Waals surface area contributed by atoms with Gasteiger partial charge in [-0.2, -0.15) is 5.10 Å². The molecule has 0 atom stereocenters. The number of rotatable bonds is 3. The van der Waals surface area contributed by atoms with Gasteiger partial charge in [-0.05, 0) is 13.0 Å². The number of aromatic nitrogens is 2. The summed E-state index contributed by atoms with van der Waals surface area (Å²) in [7, 11) is 0. The Hall–Kier alpha value is -1.09. The van der Waals surface area contributed by atoms with Gasteiger partial charge in [0.2, 0.25) is 0 Å². The summed E-state index contributed by atoms with van der Waals surface area (Å²) >= 11 is 5.44. The molecule has 0 saturated heterocycles. The third-order valence-electron chi connectivity index (χ3n) is 1.53. The minimum Gasteiger partial charge on any atom is -0.268 e. The highest BCUT2D eigenvalue weighted by Crippen LogP contribution is 1.87. The monoisotopic (exact) mass is 198 g/mol. The van der Waals surface area contributed by atoms with Crippen molar-refractivity contribution in [1.82, 2.24) is 9.78 Å². The maximum Gasteiger partial charge on any atom is 0.267 e. The first-order valence-corrected chi connectivity index (χ1v) is 4.53. The van der Waals surface area contributed by atoms with E-state index in [1.54, 1.807) is 12.1 Å². The van der Waals surface area contributed by atoms with Crippen LogP contribution in [0.15, 0.2) is 29.1 Å². The molecule has 70 valence electrons. The summed E-state index contributed by atoms with van der Waals surface area (Å²) in [5.74, 6) is 0.459. The third-order valence-corrected chi connectivity index (χ3v) is 1.71. The van der Waals surface area contributed by atoms with Gasteiger partial charge < -0.3 is 0 Å². The highest BCUT2D eigenvalue weighted by Gasteiger charge is 1.93. The summed E-state index contributed by atoms with van der Waals surface area (Å²) in [5.41, 5.74) is 0.740. The van der Waals surface area contributed by atoms with Crippen LogP contribution in [0, 0.1) is 6.92 Å². The number of halogens is 1. The minimum absolute atomic E-state index is 0.0928. The van der Waals surface area contributed by atoms with Crippen LogP contribution >= 0.6 is 11.6 Å². The lowest BCUT2D eigenvalue weighted by molar-refractivity contribution is 0.639. The Morgan fingerprint density at radius 3 is 3.00 bits per heavy atom. The van der Waals surface area contributed by atoms with E-state index >= 15 is 0 Å². The molecular formula is C9H11ClN2O. The lowest BCUT2D eigenvalue weighted by Crippen LogP contribution is -2.21. The second-order valence-corrected chi connectivity index (χ2v) is 2.93. The second kappa shape index (κ2) is 4.82. The normalized spacial score (nSPS) is 10.9. The van der Waals surface area contributed by atoms with E-state index in [4.69, 9.17) is 11.6 Å². The van der Waals surface area contributed by atoms with E-state index in [-0.39, 0.29) is 5.56 Å². The highest BCUT2D eigenvalue weighted by molar-refractivity contribution is 6.18. The molecule has 0 aliphatic heterocycles. The van der Waals surface area contributed by atoms with E-state index in [0.717, 1.165) is 5.69 Å². The topological polar surface area (TPSA) is 34.9 Å². The zero-order valence-corrected chi connectivity index (χ0v) is 8.16. The zero-order chi connectivity index (χ0) is 9.68. The van der Waals surface area contributed by atoms with Crippen LogP contribution in [0.4, 0.5) is 0 Å². The smallest absolute Gasteiger partial charge is 0.267 e. The fourth-order valence-electron chi connectivity index (χ4n) is 0.919. The Balaban J connectivity index is 2.82. The van der Waals surface area contributed by atoms with Crippen LogP contribution in [-0.2, 0) is 6.54 Å². The molecule has 0 aliphatic carbocycles. The molecule has 1 aromatic heterocycles. The predicted octanol–water partition coefficient (Wildman–Crippen LogP) is 1.35. The van der Waals surface area contributed by atoms with Gasteiger partial charge in [-0.25, -0.2) is 4.68 Å². The molecule has 0 unspecified atom stereocenters. The number of hydrogen-bond acceptors (Lipinski definition) is 2. The lowest BCUT2D eigenvalue weighted by atomic mass is 10.4. The summed E-state index contributed by atoms with van der Waals surface area (Å²) in [6.45, 7) is 2.33. The van der Waals surface area contributed by atoms with Gasteiger partial charge in [-0.15, -0.1) is 11.6 Å². The van der Waals surface area contributed by atoms with Gasteiger partial charge in [0.25, 0.3) is 5.56 Å². The number of alkyl halides is 1. The van der Waals surface area contributed by atoms with Crippen LogP contribution in [-0.4, -0.2) is 15.7 Å². The Labute approximate surface area is 81.6 Å². The van der Waals surface area contributed by atoms with Crippen LogP contribution in [0.1, 0.15) is 5.69 Å². The Kier molecular flexibility index (Phi) is 3.71. The van der Waals surface area contributed by atoms with E-state index in [0.29, 0.717) is 12.4 Å². The zero-order valence-electron chi connectivity index (χ0n) is 7.40. The van der Waals surface area contributed by atoms with Crippen LogP contribution in [0.3, 0.4) is 0 Å². The van der Waals surface area contributed by atoms with Crippen LogP contribution in [0.25, 0.3) is 0 Å². The van der Waals surface area contributed by atoms with E-state index in [2.05, 4.69) is 5.10 Å². The summed E-state index contributed by atoms with van der Waals surface area (Å²) in [4.78, 5) is 11.2. The van der Waals surface area contributed by atoms with Crippen molar-refractivity contribution in [2.45, 2.75) is 13.5 Å². The van der Waals surface area contributed by atoms with Gasteiger partial charge in [-0.3, -0.25) is 4.79 Å². The molecule has 0 bridgehead atoms. The first-order valence-electron chi connectivity index (χ1n) is 4.00. The van der Waals surface area contributed by atoms with Gasteiger partial charge in [0, 0.05) is 11.9 Å². The minimum atomic E-state index is -0.0928. The van der Waals surface area contributed by atoms with Crippen LogP contribution in [0.2, 0.25) is 0 Å². The number of hydrogen-bond donors (Lipinski definition) is 0. The molecule has 4 heteroatoms. The van der Waals surface area contributed by atoms with Crippen LogP contribution in [0.5, 0.6) is 0 Å². The largest absolute Gasteiger partial charge is 0.268 e. The Morgan fingerprint density at radius 2 is 2.31 bits per heavy atom. The summed E-state index contributed by atoms with van der Waals surface area (Å²) in [6.07, 6.45) is 3.61. The molecule has 0 N–H and O–H groups in total. The van der Waals surface area contributed by atoms with Crippen molar-refractivity contribution >= 4 is 11.6 Å². The summed E-state index contributed by atoms with van der Waals surface area (Å²) in [5, 5.41) is 4.05. The standard InChI is InChI=1S/C9H11ClN2O/c1-8-4-5-9(13)12(11-8)7-3-2-6-10/h2-5H,6-7H2,1H3. The molecule has 0 spiro atoms. The maximum absolute atomic E-state index is 11.2. The van der Waals surface area contributed by atoms with Crippen molar-refractivity contribution < 1.29 is 0 Å². The summed E-state index contributed by atoms with van der Waals surface area (Å²) in [6, 6.07) is 3.21. The van der Waals surface area contributed by atoms with Gasteiger partial charge in [0.05, 0.1) is 12.2 Å². The predicted molar refractivity (Wildman–Crippen MR) is 53.1 cm³/mol. The molecule has 1 heterocycles. The molecule has 13 heavy (non-hydrogen) atoms. The van der Waals surface area contributed by atoms with Crippen molar-refractivity contribution in [3.8, 4) is 0 Å². The van der Waals surface area contributed by atoms with Crippen LogP contribution < -0.4 is 5.56 Å². The first-order chi connectivity index (χ1) is 6.24. The number of aryl methyl sites for hydroxylation is 1. The molecule has 0 aromatic carbocycles. The Bertz CT molecular complexity index is 357. The molecule has 0 radical (unpaired) electrons. The van der Waals surface area contributed by atoms with E-state index < -0.39 is 0 Å². The molecule has 0 aliphatic rings. The maximum atomic E-state index is 11.2. The van der Waals surface area contributed by atoms with E-state index in [9.17, 15) is 4.79 Å². The van der Waals surface area contributed by atoms with Gasteiger partial charge >= 0.3 is 0 Å². The summed E-state index contributed by atoms with van der Waals surface area (Å²) < 4.78 is 1.40. The van der Waals surface area contributed by atoms with Gasteiger partial charge in [-0.1, -0.05) is 12.2 Å². The molecule has 1 aromatic rings. The third kappa shape index (κ3) is 3.03. The molecule has 0 fully saturated rings. The van der Waals surface area contributed by atoms with Gasteiger partial charge in [0.1, 0.15) is 0 Å². The van der Waals surface area contributed by atoms with Crippen molar-refractivity contribution in [3.63, 3.8) is 0 Å². The van der Waals surface area contributed by atoms with E-state index in [1.165, 1.54) is 10.7 Å². The fraction of sp³-hybridized carbons (Fsp3) is 0.333. The number of allylic oxidation sites excluding steroid dienone is 2. The van der Waals surface area contributed by atoms with Gasteiger partial charge in [0.15, 0.2) is 0 Å². The van der Waals surface area contributed by atoms with Crippen molar-refractivity contribution in [2.24, 2.45) is 0 Å². The molecular weight excluding hydrogens is 188 g/mol. The molecule has 3 nitrogen and oxygen atoms in total. The second-order valence-electron chi connectivity index (χ2n) is 2.62. The molecule has 0 amide bonds. The van der Waals surface area contributed by atoms with E-state index in [1.807, 2.05) is 13.0 Å². The SMILES string of the molecule is Cc1ccc(=O)n(CC=CCCl)n1. The van der Waals surface area contributed by atoms with Crippen molar-refractivity contribution in [1.29, 1.82) is 0 Å². The number of nitrogens with zero attached hydrogens (tertiary/aromatic N) is 2. The highest BCUT2D eigenvalue weighted by atomic mass is 35.5.